The molecular weight excluding hydrogens is 394 g/mol. The largest absolute Gasteiger partial charge is 0.481 e. The Morgan fingerprint density at radius 2 is 1.79 bits per heavy atom. The van der Waals surface area contributed by atoms with Crippen molar-refractivity contribution in [3.63, 3.8) is 0 Å². The molecular formula is C22H36ClNO3S. The van der Waals surface area contributed by atoms with Gasteiger partial charge in [-0.1, -0.05) is 38.2 Å². The summed E-state index contributed by atoms with van der Waals surface area (Å²) in [5, 5.41) is 21.4. The third-order valence-electron chi connectivity index (χ3n) is 6.68. The maximum absolute atomic E-state index is 11.4. The van der Waals surface area contributed by atoms with Crippen molar-refractivity contribution in [2.75, 3.05) is 18.8 Å². The fourth-order valence-corrected chi connectivity index (χ4v) is 6.59. The van der Waals surface area contributed by atoms with Gasteiger partial charge in [0.2, 0.25) is 0 Å². The zero-order valence-electron chi connectivity index (χ0n) is 16.9. The number of aliphatic hydroxyl groups excluding tert-OH is 1. The molecule has 3 aliphatic rings. The second kappa shape index (κ2) is 11.2. The third kappa shape index (κ3) is 6.38. The van der Waals surface area contributed by atoms with Gasteiger partial charge < -0.3 is 10.2 Å². The highest BCUT2D eigenvalue weighted by molar-refractivity contribution is 8.00. The highest BCUT2D eigenvalue weighted by Gasteiger charge is 2.31. The number of carboxylic acids is 1. The Kier molecular flexibility index (Phi) is 9.01. The average Bonchev–Trinajstić information content (AvgIpc) is 2.72. The number of rotatable bonds is 7. The fourth-order valence-electron chi connectivity index (χ4n) is 4.90. The molecule has 0 aromatic rings. The van der Waals surface area contributed by atoms with Crippen LogP contribution in [-0.2, 0) is 4.79 Å². The van der Waals surface area contributed by atoms with E-state index in [0.29, 0.717) is 24.1 Å². The smallest absolute Gasteiger partial charge is 0.307 e. The Hall–Kier alpha value is -0.230. The summed E-state index contributed by atoms with van der Waals surface area (Å²) in [6.45, 7) is 1.21. The van der Waals surface area contributed by atoms with E-state index < -0.39 is 12.2 Å². The summed E-state index contributed by atoms with van der Waals surface area (Å²) >= 11 is 8.59. The summed E-state index contributed by atoms with van der Waals surface area (Å²) in [4.78, 5) is 13.4. The van der Waals surface area contributed by atoms with Gasteiger partial charge in [0.25, 0.3) is 0 Å². The standard InChI is InChI=1S/C22H36ClNO3S/c23-20-11-5-4-7-16(20)13-18(15-28-19-9-2-1-3-10-19)21(25)24-12-6-8-17(14-24)22(26)27/h13,16-17,19-21,25H,1-12,14-15H2,(H,26,27)/b18-13+. The van der Waals surface area contributed by atoms with E-state index in [-0.39, 0.29) is 11.3 Å². The fraction of sp³-hybridized carbons (Fsp3) is 0.864. The van der Waals surface area contributed by atoms with Gasteiger partial charge in [-0.15, -0.1) is 11.6 Å². The van der Waals surface area contributed by atoms with Crippen LogP contribution in [-0.4, -0.2) is 56.8 Å². The molecule has 160 valence electrons. The number of thioether (sulfide) groups is 1. The number of allylic oxidation sites excluding steroid dienone is 1. The van der Waals surface area contributed by atoms with Crippen molar-refractivity contribution in [2.45, 2.75) is 87.5 Å². The highest BCUT2D eigenvalue weighted by atomic mass is 35.5. The first-order chi connectivity index (χ1) is 13.5. The van der Waals surface area contributed by atoms with Crippen LogP contribution >= 0.6 is 23.4 Å². The molecule has 2 saturated carbocycles. The van der Waals surface area contributed by atoms with Crippen LogP contribution in [0, 0.1) is 11.8 Å². The van der Waals surface area contributed by atoms with Crippen LogP contribution in [0.4, 0.5) is 0 Å². The van der Waals surface area contributed by atoms with Crippen molar-refractivity contribution < 1.29 is 15.0 Å². The van der Waals surface area contributed by atoms with E-state index in [1.807, 2.05) is 16.7 Å². The number of hydrogen-bond donors (Lipinski definition) is 2. The van der Waals surface area contributed by atoms with Crippen molar-refractivity contribution in [1.29, 1.82) is 0 Å². The van der Waals surface area contributed by atoms with Crippen LogP contribution in [0.25, 0.3) is 0 Å². The monoisotopic (exact) mass is 429 g/mol. The van der Waals surface area contributed by atoms with Crippen molar-refractivity contribution in [1.82, 2.24) is 4.90 Å². The molecule has 2 N–H and O–H groups in total. The number of carbonyl (C=O) groups is 1. The van der Waals surface area contributed by atoms with Crippen LogP contribution in [0.3, 0.4) is 0 Å². The Morgan fingerprint density at radius 1 is 1.07 bits per heavy atom. The first kappa shape index (κ1) is 22.5. The van der Waals surface area contributed by atoms with Gasteiger partial charge in [-0.25, -0.2) is 0 Å². The lowest BCUT2D eigenvalue weighted by Crippen LogP contribution is -2.46. The van der Waals surface area contributed by atoms with Gasteiger partial charge in [-0.05, 0) is 50.0 Å². The lowest BCUT2D eigenvalue weighted by atomic mass is 9.87. The summed E-state index contributed by atoms with van der Waals surface area (Å²) < 4.78 is 0. The van der Waals surface area contributed by atoms with Crippen LogP contribution in [0.1, 0.15) is 70.6 Å². The number of halogens is 1. The lowest BCUT2D eigenvalue weighted by Gasteiger charge is -2.36. The molecule has 4 unspecified atom stereocenters. The molecule has 1 saturated heterocycles. The number of nitrogens with zero attached hydrogens (tertiary/aromatic N) is 1. The summed E-state index contributed by atoms with van der Waals surface area (Å²) in [6.07, 6.45) is 14.2. The Bertz CT molecular complexity index is 538. The number of likely N-dealkylation sites (tertiary alicyclic amines) is 1. The zero-order chi connectivity index (χ0) is 19.9. The summed E-state index contributed by atoms with van der Waals surface area (Å²) in [7, 11) is 0. The molecule has 0 amide bonds. The second-order valence-electron chi connectivity index (χ2n) is 8.82. The van der Waals surface area contributed by atoms with Gasteiger partial charge in [-0.2, -0.15) is 11.8 Å². The van der Waals surface area contributed by atoms with E-state index in [9.17, 15) is 15.0 Å². The van der Waals surface area contributed by atoms with Crippen molar-refractivity contribution in [3.8, 4) is 0 Å². The normalized spacial score (nSPS) is 32.2. The second-order valence-corrected chi connectivity index (χ2v) is 10.7. The first-order valence-electron chi connectivity index (χ1n) is 11.2. The van der Waals surface area contributed by atoms with Gasteiger partial charge in [0.1, 0.15) is 6.23 Å². The van der Waals surface area contributed by atoms with Gasteiger partial charge in [0.05, 0.1) is 5.92 Å². The number of alkyl halides is 1. The maximum Gasteiger partial charge on any atom is 0.307 e. The first-order valence-corrected chi connectivity index (χ1v) is 12.6. The molecule has 1 aliphatic heterocycles. The van der Waals surface area contributed by atoms with Gasteiger partial charge >= 0.3 is 5.97 Å². The number of piperidine rings is 1. The lowest BCUT2D eigenvalue weighted by molar-refractivity contribution is -0.144. The molecule has 28 heavy (non-hydrogen) atoms. The molecule has 0 bridgehead atoms. The predicted octanol–water partition coefficient (Wildman–Crippen LogP) is 4.89. The number of aliphatic hydroxyl groups is 1. The van der Waals surface area contributed by atoms with Crippen molar-refractivity contribution >= 4 is 29.3 Å². The van der Waals surface area contributed by atoms with Crippen molar-refractivity contribution in [3.05, 3.63) is 11.6 Å². The summed E-state index contributed by atoms with van der Waals surface area (Å²) in [5.74, 6) is 0.0468. The van der Waals surface area contributed by atoms with Crippen molar-refractivity contribution in [2.24, 2.45) is 11.8 Å². The molecule has 0 radical (unpaired) electrons. The molecule has 0 aromatic carbocycles. The van der Waals surface area contributed by atoms with E-state index in [0.717, 1.165) is 37.1 Å². The van der Waals surface area contributed by atoms with Crippen LogP contribution < -0.4 is 0 Å². The maximum atomic E-state index is 11.4. The molecule has 3 fully saturated rings. The summed E-state index contributed by atoms with van der Waals surface area (Å²) in [5.41, 5.74) is 1.05. The summed E-state index contributed by atoms with van der Waals surface area (Å²) in [6, 6.07) is 0. The average molecular weight is 430 g/mol. The number of carboxylic acid groups (broad SMARTS) is 1. The van der Waals surface area contributed by atoms with Gasteiger partial charge in [-0.3, -0.25) is 9.69 Å². The minimum absolute atomic E-state index is 0.156. The van der Waals surface area contributed by atoms with Crippen LogP contribution in [0.5, 0.6) is 0 Å². The zero-order valence-corrected chi connectivity index (χ0v) is 18.5. The molecule has 0 spiro atoms. The third-order valence-corrected chi connectivity index (χ3v) is 8.66. The minimum Gasteiger partial charge on any atom is -0.481 e. The predicted molar refractivity (Wildman–Crippen MR) is 117 cm³/mol. The van der Waals surface area contributed by atoms with Crippen LogP contribution in [0.15, 0.2) is 11.6 Å². The molecule has 6 heteroatoms. The molecule has 3 rings (SSSR count). The van der Waals surface area contributed by atoms with E-state index in [4.69, 9.17) is 11.6 Å². The van der Waals surface area contributed by atoms with E-state index in [1.54, 1.807) is 0 Å². The SMILES string of the molecule is O=C(O)C1CCCN(C(O)/C(=C/C2CCCCC2Cl)CSC2CCCCC2)C1. The molecule has 0 aromatic heterocycles. The van der Waals surface area contributed by atoms with Crippen LogP contribution in [0.2, 0.25) is 0 Å². The Balaban J connectivity index is 1.69. The van der Waals surface area contributed by atoms with Gasteiger partial charge in [0, 0.05) is 29.5 Å². The number of aliphatic carboxylic acids is 1. The van der Waals surface area contributed by atoms with Gasteiger partial charge in [0.15, 0.2) is 0 Å². The number of hydrogen-bond acceptors (Lipinski definition) is 4. The molecule has 2 aliphatic carbocycles. The molecule has 4 nitrogen and oxygen atoms in total. The van der Waals surface area contributed by atoms with E-state index in [1.165, 1.54) is 44.9 Å². The molecule has 1 heterocycles. The van der Waals surface area contributed by atoms with E-state index in [2.05, 4.69) is 6.08 Å². The Morgan fingerprint density at radius 3 is 2.50 bits per heavy atom. The minimum atomic E-state index is -0.743. The topological polar surface area (TPSA) is 60.8 Å². The highest BCUT2D eigenvalue weighted by Crippen LogP contribution is 2.34. The quantitative estimate of drug-likeness (QED) is 0.445. The Labute approximate surface area is 179 Å². The molecule has 4 atom stereocenters. The van der Waals surface area contributed by atoms with E-state index >= 15 is 0 Å².